The van der Waals surface area contributed by atoms with Gasteiger partial charge < -0.3 is 16.0 Å². The van der Waals surface area contributed by atoms with Crippen molar-refractivity contribution >= 4 is 18.3 Å². The number of amides is 1. The molecule has 1 aliphatic rings. The molecule has 0 aromatic carbocycles. The highest BCUT2D eigenvalue weighted by molar-refractivity contribution is 5.85. The fourth-order valence-electron chi connectivity index (χ4n) is 0.929. The van der Waals surface area contributed by atoms with Gasteiger partial charge in [-0.1, -0.05) is 0 Å². The Labute approximate surface area is 78.9 Å². The maximum Gasteiger partial charge on any atom is 0.221 e. The molecule has 1 rings (SSSR count). The zero-order valence-corrected chi connectivity index (χ0v) is 8.04. The second kappa shape index (κ2) is 6.22. The van der Waals surface area contributed by atoms with Crippen LogP contribution in [0.4, 0.5) is 0 Å². The number of halogens is 1. The largest absolute Gasteiger partial charge is 0.351 e. The predicted octanol–water partition coefficient (Wildman–Crippen LogP) is -0.894. The van der Waals surface area contributed by atoms with Crippen molar-refractivity contribution in [2.75, 3.05) is 26.7 Å². The number of carbonyl (C=O) groups is 1. The average Bonchev–Trinajstić information content (AvgIpc) is 1.93. The van der Waals surface area contributed by atoms with Gasteiger partial charge in [0.2, 0.25) is 5.91 Å². The maximum absolute atomic E-state index is 11.0. The molecule has 0 saturated carbocycles. The van der Waals surface area contributed by atoms with Crippen LogP contribution in [0.1, 0.15) is 6.42 Å². The van der Waals surface area contributed by atoms with E-state index in [4.69, 9.17) is 0 Å². The van der Waals surface area contributed by atoms with Gasteiger partial charge in [0.15, 0.2) is 0 Å². The lowest BCUT2D eigenvalue weighted by molar-refractivity contribution is -0.122. The minimum absolute atomic E-state index is 0. The van der Waals surface area contributed by atoms with Crippen molar-refractivity contribution in [1.82, 2.24) is 16.0 Å². The van der Waals surface area contributed by atoms with Gasteiger partial charge in [0.05, 0.1) is 6.04 Å². The normalized spacial score (nSPS) is 16.1. The van der Waals surface area contributed by atoms with E-state index in [9.17, 15) is 4.79 Å². The van der Waals surface area contributed by atoms with Crippen LogP contribution in [0.5, 0.6) is 0 Å². The summed E-state index contributed by atoms with van der Waals surface area (Å²) in [6.07, 6.45) is 0.576. The Hall–Kier alpha value is -0.320. The molecular weight excluding hydrogens is 178 g/mol. The van der Waals surface area contributed by atoms with Gasteiger partial charge in [0.25, 0.3) is 0 Å². The molecule has 0 unspecified atom stereocenters. The fourth-order valence-corrected chi connectivity index (χ4v) is 0.929. The molecule has 1 fully saturated rings. The van der Waals surface area contributed by atoms with Crippen LogP contribution in [0.25, 0.3) is 0 Å². The van der Waals surface area contributed by atoms with E-state index in [2.05, 4.69) is 16.0 Å². The summed E-state index contributed by atoms with van der Waals surface area (Å²) >= 11 is 0. The first kappa shape index (κ1) is 11.7. The van der Waals surface area contributed by atoms with Crippen molar-refractivity contribution < 1.29 is 4.79 Å². The van der Waals surface area contributed by atoms with Gasteiger partial charge in [0.1, 0.15) is 0 Å². The molecule has 0 spiro atoms. The zero-order chi connectivity index (χ0) is 8.10. The molecule has 3 N–H and O–H groups in total. The molecule has 1 saturated heterocycles. The highest BCUT2D eigenvalue weighted by Crippen LogP contribution is 1.90. The first-order valence-corrected chi connectivity index (χ1v) is 3.97. The molecule has 1 aliphatic heterocycles. The topological polar surface area (TPSA) is 53.2 Å². The van der Waals surface area contributed by atoms with Gasteiger partial charge in [-0.2, -0.15) is 0 Å². The highest BCUT2D eigenvalue weighted by atomic mass is 35.5. The SMILES string of the molecule is CNCCC(=O)NC1CNC1.Cl. The van der Waals surface area contributed by atoms with E-state index in [0.29, 0.717) is 12.5 Å². The van der Waals surface area contributed by atoms with E-state index in [1.807, 2.05) is 7.05 Å². The number of hydrogen-bond donors (Lipinski definition) is 3. The van der Waals surface area contributed by atoms with Crippen LogP contribution in [-0.4, -0.2) is 38.6 Å². The van der Waals surface area contributed by atoms with E-state index in [1.165, 1.54) is 0 Å². The Kier molecular flexibility index (Phi) is 6.06. The molecule has 0 radical (unpaired) electrons. The summed E-state index contributed by atoms with van der Waals surface area (Å²) < 4.78 is 0. The summed E-state index contributed by atoms with van der Waals surface area (Å²) in [6, 6.07) is 0.374. The standard InChI is InChI=1S/C7H15N3O.ClH/c1-8-3-2-7(11)10-6-4-9-5-6;/h6,8-9H,2-5H2,1H3,(H,10,11);1H. The molecule has 1 amide bonds. The van der Waals surface area contributed by atoms with Gasteiger partial charge in [-0.05, 0) is 7.05 Å². The number of rotatable bonds is 4. The number of carbonyl (C=O) groups excluding carboxylic acids is 1. The van der Waals surface area contributed by atoms with Crippen molar-refractivity contribution in [3.05, 3.63) is 0 Å². The van der Waals surface area contributed by atoms with Crippen LogP contribution in [0.15, 0.2) is 0 Å². The summed E-state index contributed by atoms with van der Waals surface area (Å²) in [4.78, 5) is 11.0. The van der Waals surface area contributed by atoms with E-state index in [1.54, 1.807) is 0 Å². The summed E-state index contributed by atoms with van der Waals surface area (Å²) in [7, 11) is 1.85. The zero-order valence-electron chi connectivity index (χ0n) is 7.22. The van der Waals surface area contributed by atoms with E-state index in [-0.39, 0.29) is 18.3 Å². The first-order valence-electron chi connectivity index (χ1n) is 3.97. The van der Waals surface area contributed by atoms with E-state index >= 15 is 0 Å². The van der Waals surface area contributed by atoms with Crippen LogP contribution in [0.3, 0.4) is 0 Å². The fraction of sp³-hybridized carbons (Fsp3) is 0.857. The highest BCUT2D eigenvalue weighted by Gasteiger charge is 2.17. The van der Waals surface area contributed by atoms with Crippen molar-refractivity contribution in [3.63, 3.8) is 0 Å². The monoisotopic (exact) mass is 193 g/mol. The molecule has 0 atom stereocenters. The quantitative estimate of drug-likeness (QED) is 0.543. The maximum atomic E-state index is 11.0. The van der Waals surface area contributed by atoms with Crippen molar-refractivity contribution in [1.29, 1.82) is 0 Å². The van der Waals surface area contributed by atoms with Gasteiger partial charge in [0, 0.05) is 26.1 Å². The van der Waals surface area contributed by atoms with Crippen LogP contribution in [0, 0.1) is 0 Å². The molecule has 5 heteroatoms. The van der Waals surface area contributed by atoms with Crippen molar-refractivity contribution in [3.8, 4) is 0 Å². The summed E-state index contributed by atoms with van der Waals surface area (Å²) in [6.45, 7) is 2.60. The average molecular weight is 194 g/mol. The molecule has 4 nitrogen and oxygen atoms in total. The number of nitrogens with one attached hydrogen (secondary N) is 3. The lowest BCUT2D eigenvalue weighted by Crippen LogP contribution is -2.57. The van der Waals surface area contributed by atoms with Crippen LogP contribution < -0.4 is 16.0 Å². The predicted molar refractivity (Wildman–Crippen MR) is 50.6 cm³/mol. The molecule has 0 aromatic rings. The van der Waals surface area contributed by atoms with Gasteiger partial charge in [-0.25, -0.2) is 0 Å². The van der Waals surface area contributed by atoms with Gasteiger partial charge in [-0.3, -0.25) is 4.79 Å². The second-order valence-electron chi connectivity index (χ2n) is 2.78. The Morgan fingerprint density at radius 1 is 1.58 bits per heavy atom. The van der Waals surface area contributed by atoms with E-state index < -0.39 is 0 Å². The number of hydrogen-bond acceptors (Lipinski definition) is 3. The van der Waals surface area contributed by atoms with Gasteiger partial charge in [-0.15, -0.1) is 12.4 Å². The molecule has 0 bridgehead atoms. The van der Waals surface area contributed by atoms with Crippen LogP contribution >= 0.6 is 12.4 Å². The summed E-state index contributed by atoms with van der Waals surface area (Å²) in [5.74, 6) is 0.144. The van der Waals surface area contributed by atoms with Crippen LogP contribution in [-0.2, 0) is 4.79 Å². The summed E-state index contributed by atoms with van der Waals surface area (Å²) in [5.41, 5.74) is 0. The summed E-state index contributed by atoms with van der Waals surface area (Å²) in [5, 5.41) is 8.93. The van der Waals surface area contributed by atoms with Crippen molar-refractivity contribution in [2.45, 2.75) is 12.5 Å². The Bertz CT molecular complexity index is 139. The molecular formula is C7H16ClN3O. The Morgan fingerprint density at radius 3 is 2.67 bits per heavy atom. The molecule has 72 valence electrons. The lowest BCUT2D eigenvalue weighted by atomic mass is 10.2. The van der Waals surface area contributed by atoms with Gasteiger partial charge >= 0.3 is 0 Å². The Balaban J connectivity index is 0.00000121. The molecule has 0 aromatic heterocycles. The minimum atomic E-state index is 0. The second-order valence-corrected chi connectivity index (χ2v) is 2.78. The third kappa shape index (κ3) is 3.90. The Morgan fingerprint density at radius 2 is 2.25 bits per heavy atom. The third-order valence-electron chi connectivity index (χ3n) is 1.75. The molecule has 0 aliphatic carbocycles. The van der Waals surface area contributed by atoms with Crippen molar-refractivity contribution in [2.24, 2.45) is 0 Å². The first-order chi connectivity index (χ1) is 5.33. The smallest absolute Gasteiger partial charge is 0.221 e. The molecule has 12 heavy (non-hydrogen) atoms. The minimum Gasteiger partial charge on any atom is -0.351 e. The van der Waals surface area contributed by atoms with Crippen LogP contribution in [0.2, 0.25) is 0 Å². The molecule has 1 heterocycles. The lowest BCUT2D eigenvalue weighted by Gasteiger charge is -2.27. The van der Waals surface area contributed by atoms with E-state index in [0.717, 1.165) is 19.6 Å². The third-order valence-corrected chi connectivity index (χ3v) is 1.75.